The van der Waals surface area contributed by atoms with Crippen LogP contribution in [0, 0.1) is 11.7 Å². The number of ketones is 1. The molecular weight excluding hydrogens is 610 g/mol. The molecule has 3 aromatic rings. The third kappa shape index (κ3) is 5.40. The maximum absolute atomic E-state index is 13.5. The number of benzene rings is 3. The lowest BCUT2D eigenvalue weighted by molar-refractivity contribution is -0.117. The third-order valence-electron chi connectivity index (χ3n) is 5.46. The number of rotatable bonds is 6. The van der Waals surface area contributed by atoms with Crippen molar-refractivity contribution in [3.8, 4) is 0 Å². The Morgan fingerprint density at radius 1 is 0.971 bits per heavy atom. The summed E-state index contributed by atoms with van der Waals surface area (Å²) in [4.78, 5) is 25.8. The molecule has 1 N–H and O–H groups in total. The molecule has 0 spiro atoms. The van der Waals surface area contributed by atoms with Crippen LogP contribution in [0.2, 0.25) is 15.1 Å². The number of Topliss-reactive ketones (excluding diaryl/α,β-unsaturated/α-hetero) is 1. The van der Waals surface area contributed by atoms with Crippen LogP contribution in [0.5, 0.6) is 0 Å². The Hall–Kier alpha value is -1.34. The molecule has 10 heteroatoms. The first-order valence-corrected chi connectivity index (χ1v) is 12.6. The molecular formula is C24H14BrCl5FNO2. The first-order chi connectivity index (χ1) is 16.0. The smallest absolute Gasteiger partial charge is 0.231 e. The minimum atomic E-state index is -1.33. The molecule has 176 valence electrons. The van der Waals surface area contributed by atoms with Crippen molar-refractivity contribution in [1.82, 2.24) is 0 Å². The van der Waals surface area contributed by atoms with Gasteiger partial charge in [0.2, 0.25) is 5.91 Å². The fourth-order valence-electron chi connectivity index (χ4n) is 3.79. The fraction of sp³-hybridized carbons (Fsp3) is 0.167. The largest absolute Gasteiger partial charge is 0.326 e. The lowest BCUT2D eigenvalue weighted by Crippen LogP contribution is -2.17. The molecule has 4 rings (SSSR count). The van der Waals surface area contributed by atoms with Gasteiger partial charge in [-0.3, -0.25) is 9.59 Å². The lowest BCUT2D eigenvalue weighted by atomic mass is 10.0. The Labute approximate surface area is 228 Å². The molecule has 3 aromatic carbocycles. The molecule has 0 bridgehead atoms. The van der Waals surface area contributed by atoms with Gasteiger partial charge in [-0.2, -0.15) is 0 Å². The highest BCUT2D eigenvalue weighted by molar-refractivity contribution is 9.10. The Bertz CT molecular complexity index is 1300. The Balaban J connectivity index is 1.51. The highest BCUT2D eigenvalue weighted by Gasteiger charge is 2.67. The van der Waals surface area contributed by atoms with Crippen LogP contribution in [0.1, 0.15) is 27.4 Å². The van der Waals surface area contributed by atoms with E-state index >= 15 is 0 Å². The van der Waals surface area contributed by atoms with Gasteiger partial charge in [0.05, 0.1) is 15.4 Å². The van der Waals surface area contributed by atoms with Gasteiger partial charge in [0, 0.05) is 33.6 Å². The molecule has 2 unspecified atom stereocenters. The summed E-state index contributed by atoms with van der Waals surface area (Å²) >= 11 is 34.3. The summed E-state index contributed by atoms with van der Waals surface area (Å²) in [7, 11) is 0. The van der Waals surface area contributed by atoms with Gasteiger partial charge in [0.25, 0.3) is 0 Å². The zero-order chi connectivity index (χ0) is 24.8. The Morgan fingerprint density at radius 3 is 2.29 bits per heavy atom. The van der Waals surface area contributed by atoms with Crippen LogP contribution in [-0.4, -0.2) is 16.0 Å². The summed E-state index contributed by atoms with van der Waals surface area (Å²) in [6.45, 7) is 0. The van der Waals surface area contributed by atoms with Gasteiger partial charge in [-0.1, -0.05) is 40.9 Å². The van der Waals surface area contributed by atoms with E-state index in [1.54, 1.807) is 24.3 Å². The first kappa shape index (κ1) is 25.7. The van der Waals surface area contributed by atoms with Gasteiger partial charge < -0.3 is 5.32 Å². The topological polar surface area (TPSA) is 46.2 Å². The van der Waals surface area contributed by atoms with Crippen LogP contribution < -0.4 is 5.32 Å². The SMILES string of the molecule is O=C(Cc1ccc(F)c(Br)c1)c1cc(NC(=O)C2C(c3cc(Cl)cc(Cl)c3)C2(Cl)Cl)ccc1Cl. The average Bonchev–Trinajstić information content (AvgIpc) is 3.33. The molecule has 1 amide bonds. The van der Waals surface area contributed by atoms with Crippen LogP contribution in [0.15, 0.2) is 59.1 Å². The molecule has 0 aliphatic heterocycles. The lowest BCUT2D eigenvalue weighted by Gasteiger charge is -2.10. The van der Waals surface area contributed by atoms with Crippen LogP contribution in [0.3, 0.4) is 0 Å². The molecule has 3 nitrogen and oxygen atoms in total. The van der Waals surface area contributed by atoms with Crippen molar-refractivity contribution >= 4 is 91.3 Å². The van der Waals surface area contributed by atoms with Crippen LogP contribution >= 0.6 is 73.9 Å². The predicted octanol–water partition coefficient (Wildman–Crippen LogP) is 8.50. The van der Waals surface area contributed by atoms with Crippen molar-refractivity contribution in [2.24, 2.45) is 5.92 Å². The molecule has 34 heavy (non-hydrogen) atoms. The number of nitrogens with one attached hydrogen (secondary N) is 1. The normalized spacial score (nSPS) is 18.4. The number of halogens is 7. The zero-order valence-corrected chi connectivity index (χ0v) is 22.4. The number of alkyl halides is 2. The van der Waals surface area contributed by atoms with Crippen molar-refractivity contribution in [3.63, 3.8) is 0 Å². The molecule has 1 aliphatic carbocycles. The predicted molar refractivity (Wildman–Crippen MR) is 139 cm³/mol. The Kier molecular flexibility index (Phi) is 7.54. The quantitative estimate of drug-likeness (QED) is 0.221. The number of hydrogen-bond donors (Lipinski definition) is 1. The minimum absolute atomic E-state index is 0.00267. The number of carbonyl (C=O) groups excluding carboxylic acids is 2. The molecule has 1 saturated carbocycles. The molecule has 1 aliphatic rings. The van der Waals surface area contributed by atoms with Gasteiger partial charge in [-0.05, 0) is 75.6 Å². The number of amides is 1. The third-order valence-corrected chi connectivity index (χ3v) is 7.78. The summed E-state index contributed by atoms with van der Waals surface area (Å²) in [6, 6.07) is 13.8. The van der Waals surface area contributed by atoms with Crippen LogP contribution in [-0.2, 0) is 11.2 Å². The Morgan fingerprint density at radius 2 is 1.65 bits per heavy atom. The van der Waals surface area contributed by atoms with Crippen molar-refractivity contribution in [1.29, 1.82) is 0 Å². The summed E-state index contributed by atoms with van der Waals surface area (Å²) < 4.78 is 12.4. The maximum Gasteiger partial charge on any atom is 0.231 e. The van der Waals surface area contributed by atoms with Gasteiger partial charge in [-0.25, -0.2) is 4.39 Å². The number of hydrogen-bond acceptors (Lipinski definition) is 2. The average molecular weight is 625 g/mol. The van der Waals surface area contributed by atoms with Gasteiger partial charge in [0.1, 0.15) is 10.2 Å². The van der Waals surface area contributed by atoms with Crippen molar-refractivity contribution in [2.45, 2.75) is 16.7 Å². The van der Waals surface area contributed by atoms with E-state index in [0.717, 1.165) is 0 Å². The van der Waals surface area contributed by atoms with E-state index in [2.05, 4.69) is 21.2 Å². The zero-order valence-electron chi connectivity index (χ0n) is 17.0. The minimum Gasteiger partial charge on any atom is -0.326 e. The highest BCUT2D eigenvalue weighted by atomic mass is 79.9. The first-order valence-electron chi connectivity index (χ1n) is 9.88. The summed E-state index contributed by atoms with van der Waals surface area (Å²) in [5.74, 6) is -2.39. The molecule has 0 heterocycles. The van der Waals surface area contributed by atoms with Gasteiger partial charge in [0.15, 0.2) is 5.78 Å². The van der Waals surface area contributed by atoms with E-state index in [4.69, 9.17) is 58.0 Å². The summed E-state index contributed by atoms with van der Waals surface area (Å²) in [5.41, 5.74) is 1.84. The second-order valence-corrected chi connectivity index (χ2v) is 11.4. The molecule has 2 atom stereocenters. The van der Waals surface area contributed by atoms with Crippen molar-refractivity contribution in [3.05, 3.63) is 96.6 Å². The van der Waals surface area contributed by atoms with E-state index in [9.17, 15) is 14.0 Å². The van der Waals surface area contributed by atoms with E-state index in [-0.39, 0.29) is 27.3 Å². The van der Waals surface area contributed by atoms with Crippen LogP contribution in [0.4, 0.5) is 10.1 Å². The van der Waals surface area contributed by atoms with E-state index in [1.165, 1.54) is 30.3 Å². The second-order valence-electron chi connectivity index (χ2n) is 7.86. The monoisotopic (exact) mass is 621 g/mol. The van der Waals surface area contributed by atoms with E-state index in [0.29, 0.717) is 26.9 Å². The molecule has 0 aromatic heterocycles. The van der Waals surface area contributed by atoms with Crippen molar-refractivity contribution in [2.75, 3.05) is 5.32 Å². The van der Waals surface area contributed by atoms with Gasteiger partial charge >= 0.3 is 0 Å². The molecule has 1 fully saturated rings. The summed E-state index contributed by atoms with van der Waals surface area (Å²) in [5, 5.41) is 3.80. The highest BCUT2D eigenvalue weighted by Crippen LogP contribution is 2.65. The van der Waals surface area contributed by atoms with Gasteiger partial charge in [-0.15, -0.1) is 23.2 Å². The maximum atomic E-state index is 13.5. The fourth-order valence-corrected chi connectivity index (χ4v) is 5.81. The molecule has 0 radical (unpaired) electrons. The van der Waals surface area contributed by atoms with E-state index < -0.39 is 27.9 Å². The van der Waals surface area contributed by atoms with Crippen LogP contribution in [0.25, 0.3) is 0 Å². The number of anilines is 1. The van der Waals surface area contributed by atoms with Crippen molar-refractivity contribution < 1.29 is 14.0 Å². The summed E-state index contributed by atoms with van der Waals surface area (Å²) in [6.07, 6.45) is 0.00267. The second kappa shape index (κ2) is 9.96. The molecule has 0 saturated heterocycles. The van der Waals surface area contributed by atoms with E-state index in [1.807, 2.05) is 0 Å². The standard InChI is InChI=1S/C24H14BrCl5FNO2/c25-17-5-11(1-4-19(17)31)6-20(33)16-10-15(2-3-18(16)28)32-23(34)22-21(24(22,29)30)12-7-13(26)9-14(27)8-12/h1-5,7-10,21-22H,6H2,(H,32,34). The number of carbonyl (C=O) groups is 2.